The van der Waals surface area contributed by atoms with Crippen LogP contribution >= 0.6 is 0 Å². The number of nitrogens with one attached hydrogen (secondary N) is 2. The molecule has 8 heteroatoms. The van der Waals surface area contributed by atoms with Crippen LogP contribution < -0.4 is 16.4 Å². The monoisotopic (exact) mass is 566 g/mol. The Labute approximate surface area is 241 Å². The molecule has 1 aliphatic carbocycles. The van der Waals surface area contributed by atoms with Gasteiger partial charge in [-0.2, -0.15) is 13.2 Å². The van der Waals surface area contributed by atoms with Crippen LogP contribution in [0.4, 0.5) is 24.5 Å². The molecular formula is C33H41F3N4O. The maximum Gasteiger partial charge on any atom is 0.415 e. The number of hydrogen-bond acceptors (Lipinski definition) is 4. The fourth-order valence-electron chi connectivity index (χ4n) is 5.27. The number of alkyl halides is 3. The first kappa shape index (κ1) is 30.4. The third kappa shape index (κ3) is 8.73. The van der Waals surface area contributed by atoms with Gasteiger partial charge in [-0.1, -0.05) is 63.1 Å². The lowest BCUT2D eigenvalue weighted by atomic mass is 9.98. The highest BCUT2D eigenvalue weighted by atomic mass is 19.4. The third-order valence-corrected chi connectivity index (χ3v) is 7.69. The lowest BCUT2D eigenvalue weighted by Gasteiger charge is -2.32. The van der Waals surface area contributed by atoms with E-state index in [9.17, 15) is 18.0 Å². The molecule has 2 fully saturated rings. The fraction of sp³-hybridized carbons (Fsp3) is 0.424. The van der Waals surface area contributed by atoms with Crippen molar-refractivity contribution in [2.45, 2.75) is 77.1 Å². The number of allylic oxidation sites excluding steroid dienone is 4. The number of carbonyl (C=O) groups excluding carboxylic acids is 1. The van der Waals surface area contributed by atoms with E-state index in [1.165, 1.54) is 18.5 Å². The number of halogens is 3. The second kappa shape index (κ2) is 13.9. The number of rotatable bonds is 13. The van der Waals surface area contributed by atoms with Crippen molar-refractivity contribution in [3.8, 4) is 0 Å². The Morgan fingerprint density at radius 1 is 1.15 bits per heavy atom. The molecule has 1 amide bonds. The quantitative estimate of drug-likeness (QED) is 0.169. The Kier molecular flexibility index (Phi) is 10.3. The lowest BCUT2D eigenvalue weighted by molar-refractivity contribution is -0.112. The number of carbonyl (C=O) groups is 1. The van der Waals surface area contributed by atoms with E-state index in [0.717, 1.165) is 68.2 Å². The van der Waals surface area contributed by atoms with E-state index in [1.54, 1.807) is 30.3 Å². The molecule has 2 aromatic carbocycles. The van der Waals surface area contributed by atoms with E-state index in [0.29, 0.717) is 11.4 Å². The van der Waals surface area contributed by atoms with E-state index >= 15 is 0 Å². The summed E-state index contributed by atoms with van der Waals surface area (Å²) in [6.45, 7) is 6.57. The molecule has 220 valence electrons. The molecule has 0 bridgehead atoms. The van der Waals surface area contributed by atoms with Gasteiger partial charge in [0.15, 0.2) is 0 Å². The predicted octanol–water partition coefficient (Wildman–Crippen LogP) is 8.21. The van der Waals surface area contributed by atoms with Crippen LogP contribution in [0.1, 0.15) is 75.5 Å². The zero-order valence-electron chi connectivity index (χ0n) is 23.8. The normalized spacial score (nSPS) is 17.5. The summed E-state index contributed by atoms with van der Waals surface area (Å²) in [7, 11) is 0. The minimum absolute atomic E-state index is 0.190. The first-order valence-electron chi connectivity index (χ1n) is 14.6. The minimum atomic E-state index is -4.67. The van der Waals surface area contributed by atoms with Crippen molar-refractivity contribution in [1.29, 1.82) is 0 Å². The average Bonchev–Trinajstić information content (AvgIpc) is 3.67. The maximum atomic E-state index is 13.4. The Morgan fingerprint density at radius 3 is 2.56 bits per heavy atom. The van der Waals surface area contributed by atoms with Gasteiger partial charge in [-0.05, 0) is 79.5 Å². The highest BCUT2D eigenvalue weighted by molar-refractivity contribution is 6.06. The Morgan fingerprint density at radius 2 is 1.88 bits per heavy atom. The van der Waals surface area contributed by atoms with E-state index < -0.39 is 17.7 Å². The summed E-state index contributed by atoms with van der Waals surface area (Å²) < 4.78 is 40.1. The molecule has 1 aliphatic heterocycles. The third-order valence-electron chi connectivity index (χ3n) is 7.69. The molecule has 1 saturated heterocycles. The van der Waals surface area contributed by atoms with E-state index in [4.69, 9.17) is 5.73 Å². The summed E-state index contributed by atoms with van der Waals surface area (Å²) >= 11 is 0. The summed E-state index contributed by atoms with van der Waals surface area (Å²) in [6.07, 6.45) is 7.56. The number of anilines is 2. The SMILES string of the molecule is C=C(/C=C(\Nc1cccc(CN)c1)C(=O)Nc1cccc(C(CCC2CC2)N2CCC/C2=C\CCC)c1)C(F)(F)F. The molecule has 0 spiro atoms. The molecule has 2 aromatic rings. The van der Waals surface area contributed by atoms with Gasteiger partial charge in [-0.25, -0.2) is 0 Å². The van der Waals surface area contributed by atoms with Crippen LogP contribution in [0.25, 0.3) is 0 Å². The maximum absolute atomic E-state index is 13.4. The number of benzene rings is 2. The van der Waals surface area contributed by atoms with Crippen molar-refractivity contribution in [2.24, 2.45) is 11.7 Å². The highest BCUT2D eigenvalue weighted by Crippen LogP contribution is 2.41. The molecule has 1 saturated carbocycles. The van der Waals surface area contributed by atoms with Crippen LogP contribution in [-0.2, 0) is 11.3 Å². The molecule has 1 unspecified atom stereocenters. The second-order valence-electron chi connectivity index (χ2n) is 11.0. The van der Waals surface area contributed by atoms with Crippen molar-refractivity contribution in [2.75, 3.05) is 17.2 Å². The van der Waals surface area contributed by atoms with Crippen LogP contribution in [0.3, 0.4) is 0 Å². The van der Waals surface area contributed by atoms with Crippen molar-refractivity contribution in [1.82, 2.24) is 4.90 Å². The Bertz CT molecular complexity index is 1280. The number of amides is 1. The molecular weight excluding hydrogens is 525 g/mol. The zero-order chi connectivity index (χ0) is 29.4. The summed E-state index contributed by atoms with van der Waals surface area (Å²) in [6, 6.07) is 14.8. The smallest absolute Gasteiger partial charge is 0.368 e. The fourth-order valence-corrected chi connectivity index (χ4v) is 5.27. The highest BCUT2D eigenvalue weighted by Gasteiger charge is 2.32. The molecule has 4 rings (SSSR count). The van der Waals surface area contributed by atoms with E-state index in [1.807, 2.05) is 12.1 Å². The van der Waals surface area contributed by atoms with Gasteiger partial charge in [-0.15, -0.1) is 0 Å². The number of hydrogen-bond donors (Lipinski definition) is 3. The van der Waals surface area contributed by atoms with Crippen LogP contribution in [0.2, 0.25) is 0 Å². The molecule has 5 nitrogen and oxygen atoms in total. The van der Waals surface area contributed by atoms with Gasteiger partial charge in [0.2, 0.25) is 0 Å². The molecule has 1 atom stereocenters. The van der Waals surface area contributed by atoms with Gasteiger partial charge in [0.1, 0.15) is 5.70 Å². The summed E-state index contributed by atoms with van der Waals surface area (Å²) in [5, 5.41) is 5.66. The van der Waals surface area contributed by atoms with E-state index in [-0.39, 0.29) is 18.3 Å². The molecule has 2 aliphatic rings. The number of nitrogens with zero attached hydrogens (tertiary/aromatic N) is 1. The van der Waals surface area contributed by atoms with Crippen LogP contribution in [0.15, 0.2) is 84.2 Å². The molecule has 4 N–H and O–H groups in total. The minimum Gasteiger partial charge on any atom is -0.368 e. The van der Waals surface area contributed by atoms with Gasteiger partial charge in [0.25, 0.3) is 5.91 Å². The largest absolute Gasteiger partial charge is 0.415 e. The summed E-state index contributed by atoms with van der Waals surface area (Å²) in [5.41, 5.74) is 8.59. The van der Waals surface area contributed by atoms with Crippen LogP contribution in [0.5, 0.6) is 0 Å². The molecule has 0 radical (unpaired) electrons. The van der Waals surface area contributed by atoms with Gasteiger partial charge in [-0.3, -0.25) is 4.79 Å². The molecule has 1 heterocycles. The zero-order valence-corrected chi connectivity index (χ0v) is 23.8. The van der Waals surface area contributed by atoms with Crippen molar-refractivity contribution >= 4 is 17.3 Å². The van der Waals surface area contributed by atoms with Crippen LogP contribution in [-0.4, -0.2) is 23.5 Å². The molecule has 0 aromatic heterocycles. The lowest BCUT2D eigenvalue weighted by Crippen LogP contribution is -2.25. The number of likely N-dealkylation sites (tertiary alicyclic amines) is 1. The van der Waals surface area contributed by atoms with Crippen molar-refractivity contribution < 1.29 is 18.0 Å². The molecule has 41 heavy (non-hydrogen) atoms. The average molecular weight is 567 g/mol. The summed E-state index contributed by atoms with van der Waals surface area (Å²) in [5.74, 6) is 0.106. The topological polar surface area (TPSA) is 70.4 Å². The van der Waals surface area contributed by atoms with Crippen molar-refractivity contribution in [3.05, 3.63) is 95.4 Å². The number of unbranched alkanes of at least 4 members (excludes halogenated alkanes) is 1. The Balaban J connectivity index is 1.58. The van der Waals surface area contributed by atoms with Gasteiger partial charge in [0.05, 0.1) is 11.6 Å². The van der Waals surface area contributed by atoms with E-state index in [2.05, 4.69) is 41.2 Å². The first-order chi connectivity index (χ1) is 19.7. The second-order valence-corrected chi connectivity index (χ2v) is 11.0. The number of nitrogens with two attached hydrogens (primary N) is 1. The first-order valence-corrected chi connectivity index (χ1v) is 14.6. The standard InChI is InChI=1S/C33H41F3N4O/c1-3-4-12-29-13-7-18-40(29)31(17-16-24-14-15-24)26-9-6-11-28(21-26)39-32(41)30(19-23(2)33(34,35)36)38-27-10-5-8-25(20-27)22-37/h5-6,8-12,19-21,24,31,38H,2-4,7,13-18,22,37H2,1H3,(H,39,41)/b29-12+,30-19-. The van der Waals surface area contributed by atoms with Crippen LogP contribution in [0, 0.1) is 5.92 Å². The van der Waals surface area contributed by atoms with Gasteiger partial charge < -0.3 is 21.3 Å². The van der Waals surface area contributed by atoms with Gasteiger partial charge in [0, 0.05) is 30.2 Å². The predicted molar refractivity (Wildman–Crippen MR) is 160 cm³/mol. The Hall–Kier alpha value is -3.52. The van der Waals surface area contributed by atoms with Gasteiger partial charge >= 0.3 is 6.18 Å². The van der Waals surface area contributed by atoms with Crippen molar-refractivity contribution in [3.63, 3.8) is 0 Å². The summed E-state index contributed by atoms with van der Waals surface area (Å²) in [4.78, 5) is 15.9.